The monoisotopic (exact) mass is 305 g/mol. The number of thiocarbonyl (C=S) groups is 1. The molecule has 0 aliphatic rings. The predicted octanol–water partition coefficient (Wildman–Crippen LogP) is 3.43. The number of carbonyl (C=O) groups excluding carboxylic acids is 1. The highest BCUT2D eigenvalue weighted by Crippen LogP contribution is 2.23. The van der Waals surface area contributed by atoms with E-state index in [1.807, 2.05) is 0 Å². The summed E-state index contributed by atoms with van der Waals surface area (Å²) in [4.78, 5) is 13.5. The standard InChI is InChI=1S/C12H13Cl2NO2S/c1-15(2)12(18)17-6-5-11(16)8-3-4-9(13)10(14)7-8/h3-4,7H,5-6H2,1-2H3. The zero-order valence-electron chi connectivity index (χ0n) is 10.1. The van der Waals surface area contributed by atoms with Crippen LogP contribution in [0.4, 0.5) is 0 Å². The van der Waals surface area contributed by atoms with Crippen molar-refractivity contribution in [2.75, 3.05) is 20.7 Å². The molecule has 0 spiro atoms. The van der Waals surface area contributed by atoms with Gasteiger partial charge in [0.05, 0.1) is 16.7 Å². The van der Waals surface area contributed by atoms with Crippen molar-refractivity contribution >= 4 is 46.4 Å². The summed E-state index contributed by atoms with van der Waals surface area (Å²) in [6.45, 7) is 0.246. The summed E-state index contributed by atoms with van der Waals surface area (Å²) >= 11 is 16.6. The van der Waals surface area contributed by atoms with Gasteiger partial charge in [-0.15, -0.1) is 0 Å². The number of Topliss-reactive ketones (excluding diaryl/α,β-unsaturated/α-hetero) is 1. The average molecular weight is 306 g/mol. The van der Waals surface area contributed by atoms with Gasteiger partial charge in [-0.1, -0.05) is 23.2 Å². The van der Waals surface area contributed by atoms with Crippen molar-refractivity contribution in [1.29, 1.82) is 0 Å². The Bertz CT molecular complexity index is 463. The quantitative estimate of drug-likeness (QED) is 0.629. The summed E-state index contributed by atoms with van der Waals surface area (Å²) in [5, 5.41) is 1.16. The van der Waals surface area contributed by atoms with Crippen molar-refractivity contribution in [3.63, 3.8) is 0 Å². The first-order valence-corrected chi connectivity index (χ1v) is 6.40. The van der Waals surface area contributed by atoms with Crippen LogP contribution in [0.2, 0.25) is 10.0 Å². The largest absolute Gasteiger partial charge is 0.470 e. The number of rotatable bonds is 4. The maximum Gasteiger partial charge on any atom is 0.258 e. The van der Waals surface area contributed by atoms with Gasteiger partial charge in [-0.05, 0) is 30.4 Å². The molecule has 1 rings (SSSR count). The van der Waals surface area contributed by atoms with Gasteiger partial charge in [-0.3, -0.25) is 4.79 Å². The summed E-state index contributed by atoms with van der Waals surface area (Å²) in [5.41, 5.74) is 0.517. The third kappa shape index (κ3) is 4.44. The first-order valence-electron chi connectivity index (χ1n) is 5.24. The summed E-state index contributed by atoms with van der Waals surface area (Å²) in [6.07, 6.45) is 0.242. The van der Waals surface area contributed by atoms with Crippen LogP contribution in [0.3, 0.4) is 0 Å². The Balaban J connectivity index is 2.50. The Kier molecular flexibility index (Phi) is 5.85. The number of hydrogen-bond donors (Lipinski definition) is 0. The summed E-state index contributed by atoms with van der Waals surface area (Å²) in [6, 6.07) is 4.79. The summed E-state index contributed by atoms with van der Waals surface area (Å²) < 4.78 is 5.23. The molecule has 3 nitrogen and oxygen atoms in total. The zero-order valence-corrected chi connectivity index (χ0v) is 12.4. The molecule has 0 heterocycles. The van der Waals surface area contributed by atoms with Crippen molar-refractivity contribution in [2.45, 2.75) is 6.42 Å². The number of ether oxygens (including phenoxy) is 1. The molecule has 6 heteroatoms. The molecule has 0 saturated heterocycles. The summed E-state index contributed by atoms with van der Waals surface area (Å²) in [5.74, 6) is -0.0601. The zero-order chi connectivity index (χ0) is 13.7. The Morgan fingerprint density at radius 1 is 1.33 bits per heavy atom. The highest BCUT2D eigenvalue weighted by Gasteiger charge is 2.09. The number of benzene rings is 1. The molecular formula is C12H13Cl2NO2S. The van der Waals surface area contributed by atoms with Gasteiger partial charge in [-0.2, -0.15) is 0 Å². The highest BCUT2D eigenvalue weighted by atomic mass is 35.5. The molecule has 0 unspecified atom stereocenters. The van der Waals surface area contributed by atoms with Gasteiger partial charge in [-0.25, -0.2) is 0 Å². The van der Waals surface area contributed by atoms with Crippen molar-refractivity contribution in [3.05, 3.63) is 33.8 Å². The van der Waals surface area contributed by atoms with E-state index in [4.69, 9.17) is 40.2 Å². The van der Waals surface area contributed by atoms with E-state index in [2.05, 4.69) is 0 Å². The molecule has 0 bridgehead atoms. The smallest absolute Gasteiger partial charge is 0.258 e. The van der Waals surface area contributed by atoms with Crippen molar-refractivity contribution in [1.82, 2.24) is 4.90 Å². The second kappa shape index (κ2) is 6.92. The molecule has 1 aromatic rings. The lowest BCUT2D eigenvalue weighted by Crippen LogP contribution is -2.23. The van der Waals surface area contributed by atoms with Gasteiger partial charge >= 0.3 is 0 Å². The van der Waals surface area contributed by atoms with E-state index in [-0.39, 0.29) is 18.8 Å². The average Bonchev–Trinajstić information content (AvgIpc) is 2.32. The van der Waals surface area contributed by atoms with Crippen LogP contribution >= 0.6 is 35.4 Å². The normalized spacial score (nSPS) is 10.0. The van der Waals surface area contributed by atoms with Gasteiger partial charge < -0.3 is 9.64 Å². The van der Waals surface area contributed by atoms with Gasteiger partial charge in [0, 0.05) is 26.1 Å². The molecule has 0 radical (unpaired) electrons. The Labute approximate surface area is 122 Å². The molecular weight excluding hydrogens is 293 g/mol. The summed E-state index contributed by atoms with van der Waals surface area (Å²) in [7, 11) is 3.56. The molecule has 0 aromatic heterocycles. The number of ketones is 1. The van der Waals surface area contributed by atoms with Crippen molar-refractivity contribution < 1.29 is 9.53 Å². The van der Waals surface area contributed by atoms with E-state index in [0.717, 1.165) is 0 Å². The fourth-order valence-corrected chi connectivity index (χ4v) is 1.56. The molecule has 1 aromatic carbocycles. The Hall–Kier alpha value is -0.840. The van der Waals surface area contributed by atoms with E-state index >= 15 is 0 Å². The third-order valence-electron chi connectivity index (χ3n) is 2.16. The van der Waals surface area contributed by atoms with Gasteiger partial charge in [0.1, 0.15) is 0 Å². The van der Waals surface area contributed by atoms with Gasteiger partial charge in [0.25, 0.3) is 5.17 Å². The van der Waals surface area contributed by atoms with E-state index in [1.165, 1.54) is 0 Å². The minimum absolute atomic E-state index is 0.0601. The van der Waals surface area contributed by atoms with Crippen LogP contribution < -0.4 is 0 Å². The van der Waals surface area contributed by atoms with Gasteiger partial charge in [0.15, 0.2) is 5.78 Å². The number of carbonyl (C=O) groups is 1. The number of hydrogen-bond acceptors (Lipinski definition) is 3. The lowest BCUT2D eigenvalue weighted by atomic mass is 10.1. The molecule has 0 saturated carbocycles. The van der Waals surface area contributed by atoms with Crippen LogP contribution in [0.5, 0.6) is 0 Å². The fourth-order valence-electron chi connectivity index (χ4n) is 1.17. The number of halogens is 2. The highest BCUT2D eigenvalue weighted by molar-refractivity contribution is 7.80. The van der Waals surface area contributed by atoms with Crippen molar-refractivity contribution in [2.24, 2.45) is 0 Å². The Morgan fingerprint density at radius 2 is 2.00 bits per heavy atom. The van der Waals surface area contributed by atoms with E-state index in [0.29, 0.717) is 20.8 Å². The minimum Gasteiger partial charge on any atom is -0.470 e. The molecule has 98 valence electrons. The van der Waals surface area contributed by atoms with E-state index in [9.17, 15) is 4.79 Å². The molecule has 18 heavy (non-hydrogen) atoms. The van der Waals surface area contributed by atoms with Crippen molar-refractivity contribution in [3.8, 4) is 0 Å². The van der Waals surface area contributed by atoms with Crippen LogP contribution in [0.25, 0.3) is 0 Å². The topological polar surface area (TPSA) is 29.5 Å². The first-order chi connectivity index (χ1) is 8.41. The molecule has 0 aliphatic carbocycles. The maximum absolute atomic E-state index is 11.8. The van der Waals surface area contributed by atoms with Crippen LogP contribution in [0.1, 0.15) is 16.8 Å². The van der Waals surface area contributed by atoms with Crippen LogP contribution in [-0.4, -0.2) is 36.6 Å². The predicted molar refractivity (Wildman–Crippen MR) is 77.6 cm³/mol. The number of nitrogens with zero attached hydrogens (tertiary/aromatic N) is 1. The Morgan fingerprint density at radius 3 is 2.56 bits per heavy atom. The second-order valence-corrected chi connectivity index (χ2v) is 4.97. The molecule has 0 amide bonds. The second-order valence-electron chi connectivity index (χ2n) is 3.81. The van der Waals surface area contributed by atoms with Crippen LogP contribution in [0.15, 0.2) is 18.2 Å². The first kappa shape index (κ1) is 15.2. The minimum atomic E-state index is -0.0601. The van der Waals surface area contributed by atoms with E-state index in [1.54, 1.807) is 37.2 Å². The van der Waals surface area contributed by atoms with Crippen LogP contribution in [-0.2, 0) is 4.74 Å². The van der Waals surface area contributed by atoms with Crippen LogP contribution in [0, 0.1) is 0 Å². The van der Waals surface area contributed by atoms with E-state index < -0.39 is 0 Å². The maximum atomic E-state index is 11.8. The lowest BCUT2D eigenvalue weighted by Gasteiger charge is -2.13. The lowest BCUT2D eigenvalue weighted by molar-refractivity contribution is 0.0956. The molecule has 0 atom stereocenters. The molecule has 0 N–H and O–H groups in total. The molecule has 0 aliphatic heterocycles. The van der Waals surface area contributed by atoms with Gasteiger partial charge in [0.2, 0.25) is 0 Å². The SMILES string of the molecule is CN(C)C(=S)OCCC(=O)c1ccc(Cl)c(Cl)c1. The fraction of sp³-hybridized carbons (Fsp3) is 0.333. The third-order valence-corrected chi connectivity index (χ3v) is 3.38. The molecule has 0 fully saturated rings.